The molecule has 0 bridgehead atoms. The van der Waals surface area contributed by atoms with Crippen LogP contribution in [0.25, 0.3) is 21.9 Å². The van der Waals surface area contributed by atoms with Gasteiger partial charge in [0.1, 0.15) is 5.69 Å². The molecule has 0 aliphatic rings. The highest BCUT2D eigenvalue weighted by atomic mass is 16.5. The summed E-state index contributed by atoms with van der Waals surface area (Å²) in [5, 5.41) is 4.16. The molecular formula is C22H23N3O2. The second kappa shape index (κ2) is 6.93. The monoisotopic (exact) mass is 361 g/mol. The van der Waals surface area contributed by atoms with Gasteiger partial charge in [-0.25, -0.2) is 0 Å². The minimum Gasteiger partial charge on any atom is -0.383 e. The van der Waals surface area contributed by atoms with Crippen LogP contribution in [0.1, 0.15) is 16.1 Å². The number of nitrogens with zero attached hydrogens (tertiary/aromatic N) is 2. The molecule has 0 saturated heterocycles. The minimum atomic E-state index is -0.114. The van der Waals surface area contributed by atoms with Gasteiger partial charge in [0.25, 0.3) is 5.91 Å². The maximum absolute atomic E-state index is 13.0. The molecule has 0 unspecified atom stereocenters. The maximum Gasteiger partial charge on any atom is 0.272 e. The summed E-state index contributed by atoms with van der Waals surface area (Å²) < 4.78 is 9.49. The third-order valence-electron chi connectivity index (χ3n) is 4.99. The SMILES string of the molecule is COCCn1c(C(=O)Nc2cccc(C)c2)cc2c1c1ccccc1n2C. The molecule has 2 aromatic carbocycles. The van der Waals surface area contributed by atoms with Gasteiger partial charge in [-0.1, -0.05) is 30.3 Å². The average molecular weight is 361 g/mol. The van der Waals surface area contributed by atoms with Crippen LogP contribution in [0.4, 0.5) is 5.69 Å². The highest BCUT2D eigenvalue weighted by molar-refractivity contribution is 6.12. The molecule has 0 radical (unpaired) electrons. The second-order valence-electron chi connectivity index (χ2n) is 6.81. The van der Waals surface area contributed by atoms with Crippen molar-refractivity contribution >= 4 is 33.5 Å². The van der Waals surface area contributed by atoms with Crippen LogP contribution in [-0.2, 0) is 18.3 Å². The molecule has 0 atom stereocenters. The molecule has 0 saturated carbocycles. The average Bonchev–Trinajstić information content (AvgIpc) is 3.17. The van der Waals surface area contributed by atoms with E-state index < -0.39 is 0 Å². The van der Waals surface area contributed by atoms with Gasteiger partial charge in [0, 0.05) is 31.8 Å². The van der Waals surface area contributed by atoms with Gasteiger partial charge >= 0.3 is 0 Å². The third kappa shape index (κ3) is 3.00. The Morgan fingerprint density at radius 1 is 1.07 bits per heavy atom. The summed E-state index contributed by atoms with van der Waals surface area (Å²) >= 11 is 0. The topological polar surface area (TPSA) is 48.2 Å². The number of rotatable bonds is 5. The molecule has 4 aromatic rings. The predicted molar refractivity (Wildman–Crippen MR) is 109 cm³/mol. The Morgan fingerprint density at radius 3 is 2.67 bits per heavy atom. The number of amides is 1. The van der Waals surface area contributed by atoms with Crippen LogP contribution >= 0.6 is 0 Å². The zero-order valence-corrected chi connectivity index (χ0v) is 15.8. The van der Waals surface area contributed by atoms with Gasteiger partial charge in [-0.2, -0.15) is 0 Å². The predicted octanol–water partition coefficient (Wildman–Crippen LogP) is 4.34. The number of anilines is 1. The number of carbonyl (C=O) groups is 1. The Morgan fingerprint density at radius 2 is 1.89 bits per heavy atom. The molecule has 1 amide bonds. The number of nitrogens with one attached hydrogen (secondary N) is 1. The van der Waals surface area contributed by atoms with Crippen molar-refractivity contribution in [3.05, 3.63) is 65.9 Å². The Labute approximate surface area is 158 Å². The first-order valence-corrected chi connectivity index (χ1v) is 9.03. The number of ether oxygens (including phenoxy) is 1. The lowest BCUT2D eigenvalue weighted by Crippen LogP contribution is -2.18. The number of aryl methyl sites for hydroxylation is 2. The largest absolute Gasteiger partial charge is 0.383 e. The van der Waals surface area contributed by atoms with E-state index in [-0.39, 0.29) is 5.91 Å². The summed E-state index contributed by atoms with van der Waals surface area (Å²) in [6, 6.07) is 18.1. The number of carbonyl (C=O) groups excluding carboxylic acids is 1. The van der Waals surface area contributed by atoms with Crippen LogP contribution in [0.2, 0.25) is 0 Å². The van der Waals surface area contributed by atoms with Gasteiger partial charge in [-0.05, 0) is 36.8 Å². The first kappa shape index (κ1) is 17.4. The van der Waals surface area contributed by atoms with Crippen molar-refractivity contribution in [2.75, 3.05) is 19.0 Å². The number of aromatic nitrogens is 2. The third-order valence-corrected chi connectivity index (χ3v) is 4.99. The minimum absolute atomic E-state index is 0.114. The van der Waals surface area contributed by atoms with Crippen molar-refractivity contribution in [3.8, 4) is 0 Å². The molecule has 4 rings (SSSR count). The Hall–Kier alpha value is -3.05. The summed E-state index contributed by atoms with van der Waals surface area (Å²) in [4.78, 5) is 13.0. The molecular weight excluding hydrogens is 338 g/mol. The van der Waals surface area contributed by atoms with Gasteiger partial charge in [0.2, 0.25) is 0 Å². The number of hydrogen-bond donors (Lipinski definition) is 1. The van der Waals surface area contributed by atoms with Gasteiger partial charge < -0.3 is 19.2 Å². The Balaban J connectivity index is 1.84. The molecule has 0 aliphatic heterocycles. The first-order chi connectivity index (χ1) is 13.1. The van der Waals surface area contributed by atoms with Crippen LogP contribution in [0, 0.1) is 6.92 Å². The highest BCUT2D eigenvalue weighted by Gasteiger charge is 2.20. The molecule has 2 heterocycles. The van der Waals surface area contributed by atoms with Gasteiger partial charge in [0.15, 0.2) is 0 Å². The van der Waals surface area contributed by atoms with E-state index in [1.165, 1.54) is 0 Å². The van der Waals surface area contributed by atoms with Crippen LogP contribution in [0.5, 0.6) is 0 Å². The van der Waals surface area contributed by atoms with Crippen molar-refractivity contribution < 1.29 is 9.53 Å². The van der Waals surface area contributed by atoms with E-state index >= 15 is 0 Å². The Kier molecular flexibility index (Phi) is 4.46. The van der Waals surface area contributed by atoms with Crippen molar-refractivity contribution in [1.82, 2.24) is 9.13 Å². The van der Waals surface area contributed by atoms with E-state index in [4.69, 9.17) is 4.74 Å². The van der Waals surface area contributed by atoms with Crippen molar-refractivity contribution in [2.24, 2.45) is 7.05 Å². The number of benzene rings is 2. The molecule has 0 fully saturated rings. The molecule has 5 nitrogen and oxygen atoms in total. The van der Waals surface area contributed by atoms with E-state index in [9.17, 15) is 4.79 Å². The number of para-hydroxylation sites is 1. The van der Waals surface area contributed by atoms with E-state index in [1.807, 2.05) is 56.4 Å². The smallest absolute Gasteiger partial charge is 0.272 e. The highest BCUT2D eigenvalue weighted by Crippen LogP contribution is 2.31. The lowest BCUT2D eigenvalue weighted by Gasteiger charge is -2.11. The van der Waals surface area contributed by atoms with E-state index in [2.05, 4.69) is 26.6 Å². The molecule has 5 heteroatoms. The normalized spacial score (nSPS) is 11.4. The quantitative estimate of drug-likeness (QED) is 0.575. The van der Waals surface area contributed by atoms with Gasteiger partial charge in [-0.15, -0.1) is 0 Å². The van der Waals surface area contributed by atoms with Crippen molar-refractivity contribution in [1.29, 1.82) is 0 Å². The molecule has 1 N–H and O–H groups in total. The Bertz CT molecular complexity index is 1140. The maximum atomic E-state index is 13.0. The van der Waals surface area contributed by atoms with Gasteiger partial charge in [0.05, 0.1) is 23.2 Å². The van der Waals surface area contributed by atoms with E-state index in [0.717, 1.165) is 33.2 Å². The van der Waals surface area contributed by atoms with Crippen molar-refractivity contribution in [3.63, 3.8) is 0 Å². The van der Waals surface area contributed by atoms with Crippen LogP contribution in [0.15, 0.2) is 54.6 Å². The van der Waals surface area contributed by atoms with Crippen LogP contribution in [-0.4, -0.2) is 28.8 Å². The summed E-state index contributed by atoms with van der Waals surface area (Å²) in [7, 11) is 3.71. The summed E-state index contributed by atoms with van der Waals surface area (Å²) in [5.41, 5.74) is 5.81. The summed E-state index contributed by atoms with van der Waals surface area (Å²) in [6.07, 6.45) is 0. The second-order valence-corrected chi connectivity index (χ2v) is 6.81. The first-order valence-electron chi connectivity index (χ1n) is 9.03. The van der Waals surface area contributed by atoms with Crippen LogP contribution in [0.3, 0.4) is 0 Å². The molecule has 138 valence electrons. The standard InChI is InChI=1S/C22H23N3O2/c1-15-7-6-8-16(13-15)23-22(26)20-14-19-21(25(20)11-12-27-3)17-9-4-5-10-18(17)24(19)2/h4-10,13-14H,11-12H2,1-3H3,(H,23,26). The molecule has 2 aromatic heterocycles. The zero-order chi connectivity index (χ0) is 19.0. The lowest BCUT2D eigenvalue weighted by molar-refractivity contribution is 0.101. The van der Waals surface area contributed by atoms with Gasteiger partial charge in [-0.3, -0.25) is 4.79 Å². The van der Waals surface area contributed by atoms with Crippen molar-refractivity contribution in [2.45, 2.75) is 13.5 Å². The van der Waals surface area contributed by atoms with E-state index in [1.54, 1.807) is 7.11 Å². The number of methoxy groups -OCH3 is 1. The summed E-state index contributed by atoms with van der Waals surface area (Å²) in [6.45, 7) is 3.17. The molecule has 0 aliphatic carbocycles. The molecule has 0 spiro atoms. The van der Waals surface area contributed by atoms with E-state index in [0.29, 0.717) is 18.8 Å². The number of hydrogen-bond acceptors (Lipinski definition) is 2. The fourth-order valence-electron chi connectivity index (χ4n) is 3.69. The van der Waals surface area contributed by atoms with Crippen LogP contribution < -0.4 is 5.32 Å². The lowest BCUT2D eigenvalue weighted by atomic mass is 10.2. The number of fused-ring (bicyclic) bond motifs is 3. The zero-order valence-electron chi connectivity index (χ0n) is 15.8. The molecule has 27 heavy (non-hydrogen) atoms. The summed E-state index contributed by atoms with van der Waals surface area (Å²) in [5.74, 6) is -0.114. The fourth-order valence-corrected chi connectivity index (χ4v) is 3.69. The fraction of sp³-hybridized carbons (Fsp3) is 0.227.